The predicted molar refractivity (Wildman–Crippen MR) is 64.6 cm³/mol. The molecule has 1 amide bonds. The molecule has 4 nitrogen and oxygen atoms in total. The smallest absolute Gasteiger partial charge is 0.225 e. The van der Waals surface area contributed by atoms with Crippen LogP contribution in [-0.4, -0.2) is 36.7 Å². The van der Waals surface area contributed by atoms with Crippen LogP contribution >= 0.6 is 0 Å². The maximum Gasteiger partial charge on any atom is 0.225 e. The molecule has 0 saturated carbocycles. The minimum Gasteiger partial charge on any atom is -0.376 e. The van der Waals surface area contributed by atoms with Crippen LogP contribution in [-0.2, 0) is 9.53 Å². The van der Waals surface area contributed by atoms with Crippen LogP contribution in [0.15, 0.2) is 0 Å². The summed E-state index contributed by atoms with van der Waals surface area (Å²) in [4.78, 5) is 12.2. The van der Waals surface area contributed by atoms with E-state index in [9.17, 15) is 4.79 Å². The summed E-state index contributed by atoms with van der Waals surface area (Å²) in [5, 5.41) is 6.65. The molecule has 5 atom stereocenters. The maximum atomic E-state index is 12.2. The lowest BCUT2D eigenvalue weighted by Crippen LogP contribution is -2.46. The third kappa shape index (κ3) is 2.20. The Bertz CT molecular complexity index is 302. The third-order valence-corrected chi connectivity index (χ3v) is 4.53. The third-order valence-electron chi connectivity index (χ3n) is 4.53. The van der Waals surface area contributed by atoms with Crippen LogP contribution in [0, 0.1) is 5.92 Å². The fourth-order valence-electron chi connectivity index (χ4n) is 3.54. The van der Waals surface area contributed by atoms with Crippen molar-refractivity contribution in [2.45, 2.75) is 63.3 Å². The normalized spacial score (nSPS) is 41.7. The minimum absolute atomic E-state index is 0.157. The van der Waals surface area contributed by atoms with E-state index in [1.807, 2.05) is 0 Å². The molecular weight excluding hydrogens is 216 g/mol. The van der Waals surface area contributed by atoms with E-state index in [0.717, 1.165) is 32.3 Å². The zero-order valence-electron chi connectivity index (χ0n) is 10.4. The molecule has 3 aliphatic rings. The second-order valence-corrected chi connectivity index (χ2v) is 5.74. The number of rotatable bonds is 3. The van der Waals surface area contributed by atoms with E-state index >= 15 is 0 Å². The van der Waals surface area contributed by atoms with Crippen molar-refractivity contribution in [3.8, 4) is 0 Å². The van der Waals surface area contributed by atoms with Gasteiger partial charge in [-0.25, -0.2) is 0 Å². The molecule has 3 aliphatic heterocycles. The molecule has 3 fully saturated rings. The van der Waals surface area contributed by atoms with Gasteiger partial charge in [0.1, 0.15) is 0 Å². The Morgan fingerprint density at radius 2 is 2.29 bits per heavy atom. The summed E-state index contributed by atoms with van der Waals surface area (Å²) in [7, 11) is 0. The van der Waals surface area contributed by atoms with Crippen LogP contribution in [0.5, 0.6) is 0 Å². The van der Waals surface area contributed by atoms with Crippen molar-refractivity contribution in [3.05, 3.63) is 0 Å². The number of hydrogen-bond donors (Lipinski definition) is 2. The molecule has 2 N–H and O–H groups in total. The Morgan fingerprint density at radius 3 is 2.88 bits per heavy atom. The zero-order chi connectivity index (χ0) is 11.8. The quantitative estimate of drug-likeness (QED) is 0.765. The summed E-state index contributed by atoms with van der Waals surface area (Å²) in [6.45, 7) is 2.91. The summed E-state index contributed by atoms with van der Waals surface area (Å²) < 4.78 is 5.61. The van der Waals surface area contributed by atoms with Crippen molar-refractivity contribution in [1.82, 2.24) is 10.6 Å². The van der Waals surface area contributed by atoms with Crippen LogP contribution in [0.25, 0.3) is 0 Å². The second kappa shape index (κ2) is 4.58. The van der Waals surface area contributed by atoms with Crippen LogP contribution in [0.2, 0.25) is 0 Å². The number of amides is 1. The number of nitrogens with one attached hydrogen (secondary N) is 2. The molecule has 0 aromatic rings. The van der Waals surface area contributed by atoms with Gasteiger partial charge >= 0.3 is 0 Å². The van der Waals surface area contributed by atoms with Gasteiger partial charge < -0.3 is 15.4 Å². The van der Waals surface area contributed by atoms with E-state index in [4.69, 9.17) is 4.74 Å². The highest BCUT2D eigenvalue weighted by atomic mass is 16.5. The summed E-state index contributed by atoms with van der Waals surface area (Å²) in [5.74, 6) is 0.422. The first kappa shape index (κ1) is 11.5. The molecule has 17 heavy (non-hydrogen) atoms. The van der Waals surface area contributed by atoms with Crippen molar-refractivity contribution >= 4 is 5.91 Å². The van der Waals surface area contributed by atoms with Gasteiger partial charge in [0, 0.05) is 18.7 Å². The summed E-state index contributed by atoms with van der Waals surface area (Å²) in [5.41, 5.74) is 0. The number of ether oxygens (including phenoxy) is 1. The highest BCUT2D eigenvalue weighted by Gasteiger charge is 2.43. The Kier molecular flexibility index (Phi) is 3.09. The molecular formula is C13H22N2O2. The molecule has 0 spiro atoms. The molecule has 0 aromatic heterocycles. The van der Waals surface area contributed by atoms with Crippen LogP contribution in [0.3, 0.4) is 0 Å². The van der Waals surface area contributed by atoms with Crippen molar-refractivity contribution in [3.63, 3.8) is 0 Å². The first-order chi connectivity index (χ1) is 8.24. The molecule has 3 rings (SSSR count). The first-order valence-corrected chi connectivity index (χ1v) is 6.92. The average molecular weight is 238 g/mol. The van der Waals surface area contributed by atoms with Crippen LogP contribution in [0.1, 0.15) is 39.0 Å². The van der Waals surface area contributed by atoms with E-state index in [-0.39, 0.29) is 24.0 Å². The lowest BCUT2D eigenvalue weighted by atomic mass is 9.88. The summed E-state index contributed by atoms with van der Waals surface area (Å²) in [6, 6.07) is 1.18. The van der Waals surface area contributed by atoms with Gasteiger partial charge in [0.25, 0.3) is 0 Å². The van der Waals surface area contributed by atoms with Gasteiger partial charge in [0.05, 0.1) is 18.1 Å². The highest BCUT2D eigenvalue weighted by Crippen LogP contribution is 2.33. The molecule has 96 valence electrons. The van der Waals surface area contributed by atoms with E-state index in [1.165, 1.54) is 6.42 Å². The van der Waals surface area contributed by atoms with Crippen molar-refractivity contribution in [2.75, 3.05) is 6.61 Å². The molecule has 2 bridgehead atoms. The van der Waals surface area contributed by atoms with Gasteiger partial charge in [-0.1, -0.05) is 0 Å². The number of carbonyl (C=O) groups is 1. The van der Waals surface area contributed by atoms with Crippen molar-refractivity contribution < 1.29 is 9.53 Å². The monoisotopic (exact) mass is 238 g/mol. The molecule has 3 saturated heterocycles. The van der Waals surface area contributed by atoms with Gasteiger partial charge in [0.15, 0.2) is 0 Å². The second-order valence-electron chi connectivity index (χ2n) is 5.74. The SMILES string of the molecule is CC(NC(=O)C1CC2CCC1N2)C1CCCO1. The standard InChI is InChI=1S/C13H22N2O2/c1-8(12-3-2-6-17-12)14-13(16)10-7-9-4-5-11(10)15-9/h8-12,15H,2-7H2,1H3,(H,14,16). The highest BCUT2D eigenvalue weighted by molar-refractivity contribution is 5.80. The van der Waals surface area contributed by atoms with Gasteiger partial charge in [0.2, 0.25) is 5.91 Å². The Hall–Kier alpha value is -0.610. The van der Waals surface area contributed by atoms with Gasteiger partial charge in [-0.2, -0.15) is 0 Å². The Labute approximate surface area is 102 Å². The topological polar surface area (TPSA) is 50.4 Å². The van der Waals surface area contributed by atoms with Gasteiger partial charge in [-0.15, -0.1) is 0 Å². The van der Waals surface area contributed by atoms with Gasteiger partial charge in [-0.3, -0.25) is 4.79 Å². The number of hydrogen-bond acceptors (Lipinski definition) is 3. The molecule has 3 heterocycles. The Balaban J connectivity index is 1.52. The average Bonchev–Trinajstić information content (AvgIpc) is 3.05. The minimum atomic E-state index is 0.157. The molecule has 0 aliphatic carbocycles. The molecule has 0 radical (unpaired) electrons. The molecule has 5 unspecified atom stereocenters. The Morgan fingerprint density at radius 1 is 1.41 bits per heavy atom. The maximum absolute atomic E-state index is 12.2. The van der Waals surface area contributed by atoms with E-state index in [2.05, 4.69) is 17.6 Å². The molecule has 4 heteroatoms. The van der Waals surface area contributed by atoms with E-state index in [0.29, 0.717) is 12.1 Å². The predicted octanol–water partition coefficient (Wildman–Crippen LogP) is 0.811. The largest absolute Gasteiger partial charge is 0.376 e. The molecule has 0 aromatic carbocycles. The first-order valence-electron chi connectivity index (χ1n) is 6.92. The zero-order valence-corrected chi connectivity index (χ0v) is 10.4. The summed E-state index contributed by atoms with van der Waals surface area (Å²) in [6.07, 6.45) is 5.86. The fraction of sp³-hybridized carbons (Fsp3) is 0.923. The van der Waals surface area contributed by atoms with Crippen molar-refractivity contribution in [2.24, 2.45) is 5.92 Å². The van der Waals surface area contributed by atoms with E-state index in [1.54, 1.807) is 0 Å². The van der Waals surface area contributed by atoms with Crippen LogP contribution < -0.4 is 10.6 Å². The number of carbonyl (C=O) groups excluding carboxylic acids is 1. The number of fused-ring (bicyclic) bond motifs is 2. The van der Waals surface area contributed by atoms with Gasteiger partial charge in [-0.05, 0) is 39.0 Å². The lowest BCUT2D eigenvalue weighted by Gasteiger charge is -2.25. The van der Waals surface area contributed by atoms with Crippen molar-refractivity contribution in [1.29, 1.82) is 0 Å². The van der Waals surface area contributed by atoms with Crippen LogP contribution in [0.4, 0.5) is 0 Å². The summed E-state index contributed by atoms with van der Waals surface area (Å²) >= 11 is 0. The lowest BCUT2D eigenvalue weighted by molar-refractivity contribution is -0.127. The fourth-order valence-corrected chi connectivity index (χ4v) is 3.54. The van der Waals surface area contributed by atoms with E-state index < -0.39 is 0 Å².